The van der Waals surface area contributed by atoms with Crippen LogP contribution in [-0.2, 0) is 22.6 Å². The summed E-state index contributed by atoms with van der Waals surface area (Å²) in [7, 11) is 1.21. The zero-order valence-corrected chi connectivity index (χ0v) is 21.5. The molecular formula is C28H24F3N5O4. The number of anilines is 1. The molecule has 0 spiro atoms. The van der Waals surface area contributed by atoms with Crippen LogP contribution in [-0.4, -0.2) is 40.6 Å². The number of pyridine rings is 1. The highest BCUT2D eigenvalue weighted by Gasteiger charge is 2.33. The van der Waals surface area contributed by atoms with Crippen molar-refractivity contribution in [3.05, 3.63) is 95.5 Å². The molecule has 0 fully saturated rings. The van der Waals surface area contributed by atoms with Gasteiger partial charge >= 0.3 is 5.97 Å². The molecule has 4 rings (SSSR count). The first kappa shape index (κ1) is 28.0. The number of nitrogens with zero attached hydrogens (tertiary/aromatic N) is 4. The number of nitrogens with one attached hydrogen (secondary N) is 1. The second-order valence-corrected chi connectivity index (χ2v) is 8.48. The predicted molar refractivity (Wildman–Crippen MR) is 137 cm³/mol. The molecule has 4 aromatic rings. The molecule has 0 amide bonds. The van der Waals surface area contributed by atoms with Gasteiger partial charge in [-0.25, -0.2) is 9.78 Å². The van der Waals surface area contributed by atoms with E-state index in [4.69, 9.17) is 14.2 Å². The van der Waals surface area contributed by atoms with Crippen LogP contribution in [0.1, 0.15) is 23.7 Å². The highest BCUT2D eigenvalue weighted by molar-refractivity contribution is 5.80. The monoisotopic (exact) mass is 551 g/mol. The Balaban J connectivity index is 1.70. The summed E-state index contributed by atoms with van der Waals surface area (Å²) in [6, 6.07) is 13.9. The van der Waals surface area contributed by atoms with Gasteiger partial charge in [-0.1, -0.05) is 30.3 Å². The van der Waals surface area contributed by atoms with E-state index in [-0.39, 0.29) is 36.7 Å². The lowest BCUT2D eigenvalue weighted by Crippen LogP contribution is -2.42. The third-order valence-corrected chi connectivity index (χ3v) is 5.84. The summed E-state index contributed by atoms with van der Waals surface area (Å²) in [5.74, 6) is -6.45. The van der Waals surface area contributed by atoms with Gasteiger partial charge in [0, 0.05) is 25.7 Å². The van der Waals surface area contributed by atoms with Crippen molar-refractivity contribution in [2.75, 3.05) is 18.6 Å². The fraction of sp³-hybridized carbons (Fsp3) is 0.214. The van der Waals surface area contributed by atoms with Gasteiger partial charge < -0.3 is 24.1 Å². The topological polar surface area (TPSA) is 113 Å². The molecule has 1 atom stereocenters. The lowest BCUT2D eigenvalue weighted by molar-refractivity contribution is -0.144. The number of esters is 1. The number of carbonyl (C=O) groups is 1. The number of hydrogen-bond acceptors (Lipinski definition) is 8. The predicted octanol–water partition coefficient (Wildman–Crippen LogP) is 5.08. The first-order valence-electron chi connectivity index (χ1n) is 12.1. The normalized spacial score (nSPS) is 11.4. The highest BCUT2D eigenvalue weighted by atomic mass is 19.2. The molecular weight excluding hydrogens is 527 g/mol. The van der Waals surface area contributed by atoms with Gasteiger partial charge in [-0.2, -0.15) is 23.4 Å². The Kier molecular flexibility index (Phi) is 8.86. The quantitative estimate of drug-likeness (QED) is 0.203. The number of ether oxygens (including phenoxy) is 3. The second kappa shape index (κ2) is 12.7. The zero-order chi connectivity index (χ0) is 28.6. The lowest BCUT2D eigenvalue weighted by Gasteiger charge is -2.28. The Bertz CT molecular complexity index is 1510. The van der Waals surface area contributed by atoms with Crippen molar-refractivity contribution in [2.24, 2.45) is 0 Å². The van der Waals surface area contributed by atoms with E-state index in [1.54, 1.807) is 6.92 Å². The van der Waals surface area contributed by atoms with Crippen LogP contribution in [0.3, 0.4) is 0 Å². The summed E-state index contributed by atoms with van der Waals surface area (Å²) in [6.07, 6.45) is 2.79. The number of hydrogen-bond donors (Lipinski definition) is 1. The fourth-order valence-electron chi connectivity index (χ4n) is 3.85. The molecule has 0 aliphatic heterocycles. The number of benzene rings is 2. The number of imidazole rings is 1. The third-order valence-electron chi connectivity index (χ3n) is 5.84. The number of nitriles is 1. The smallest absolute Gasteiger partial charge is 0.329 e. The van der Waals surface area contributed by atoms with Crippen LogP contribution >= 0.6 is 0 Å². The Morgan fingerprint density at radius 3 is 2.58 bits per heavy atom. The Morgan fingerprint density at radius 1 is 1.12 bits per heavy atom. The summed E-state index contributed by atoms with van der Waals surface area (Å²) in [4.78, 5) is 23.7. The number of halogens is 3. The van der Waals surface area contributed by atoms with E-state index in [0.717, 1.165) is 10.5 Å². The van der Waals surface area contributed by atoms with Gasteiger partial charge in [0.2, 0.25) is 11.6 Å². The van der Waals surface area contributed by atoms with Crippen molar-refractivity contribution >= 4 is 11.7 Å². The van der Waals surface area contributed by atoms with Gasteiger partial charge in [-0.15, -0.1) is 0 Å². The SMILES string of the molecule is CCOC(=O)C(Cc1c[nH]cn1)N(C)c1c(F)c(F)nc(Oc2cc(C#N)ccc2OCc2ccccc2)c1F. The fourth-order valence-corrected chi connectivity index (χ4v) is 3.85. The summed E-state index contributed by atoms with van der Waals surface area (Å²) in [5, 5.41) is 9.34. The molecule has 0 aliphatic carbocycles. The Morgan fingerprint density at radius 2 is 1.90 bits per heavy atom. The molecule has 0 saturated heterocycles. The minimum Gasteiger partial charge on any atom is -0.485 e. The minimum atomic E-state index is -1.66. The van der Waals surface area contributed by atoms with E-state index in [0.29, 0.717) is 5.69 Å². The van der Waals surface area contributed by atoms with E-state index in [9.17, 15) is 14.4 Å². The summed E-state index contributed by atoms with van der Waals surface area (Å²) in [6.45, 7) is 1.70. The van der Waals surface area contributed by atoms with E-state index in [1.165, 1.54) is 37.8 Å². The van der Waals surface area contributed by atoms with Gasteiger partial charge in [-0.3, -0.25) is 0 Å². The Hall–Kier alpha value is -5.05. The van der Waals surface area contributed by atoms with E-state index in [1.807, 2.05) is 36.4 Å². The molecule has 2 aromatic heterocycles. The van der Waals surface area contributed by atoms with Crippen molar-refractivity contribution in [3.8, 4) is 23.4 Å². The molecule has 1 N–H and O–H groups in total. The van der Waals surface area contributed by atoms with Crippen LogP contribution in [0, 0.1) is 28.9 Å². The molecule has 2 aromatic carbocycles. The Labute approximate surface area is 227 Å². The van der Waals surface area contributed by atoms with Gasteiger partial charge in [-0.05, 0) is 24.6 Å². The molecule has 40 heavy (non-hydrogen) atoms. The molecule has 0 bridgehead atoms. The van der Waals surface area contributed by atoms with Crippen molar-refractivity contribution in [2.45, 2.75) is 26.0 Å². The molecule has 2 heterocycles. The summed E-state index contributed by atoms with van der Waals surface area (Å²) < 4.78 is 61.9. The summed E-state index contributed by atoms with van der Waals surface area (Å²) in [5.41, 5.74) is 0.467. The number of H-pyrrole nitrogens is 1. The van der Waals surface area contributed by atoms with Gasteiger partial charge in [0.15, 0.2) is 11.5 Å². The van der Waals surface area contributed by atoms with Crippen LogP contribution in [0.15, 0.2) is 61.1 Å². The van der Waals surface area contributed by atoms with Crippen LogP contribution in [0.25, 0.3) is 0 Å². The standard InChI is InChI=1S/C28H24F3N5O4/c1-3-38-28(37)20(12-19-14-33-16-34-19)36(2)25-23(29)26(31)35-27(24(25)30)40-22-11-18(13-32)9-10-21(22)39-15-17-7-5-4-6-8-17/h4-11,14,16,20H,3,12,15H2,1-2H3,(H,33,34). The van der Waals surface area contributed by atoms with Crippen molar-refractivity contribution in [3.63, 3.8) is 0 Å². The van der Waals surface area contributed by atoms with Crippen LogP contribution in [0.5, 0.6) is 17.4 Å². The first-order chi connectivity index (χ1) is 19.3. The van der Waals surface area contributed by atoms with Gasteiger partial charge in [0.25, 0.3) is 11.8 Å². The van der Waals surface area contributed by atoms with Crippen molar-refractivity contribution in [1.29, 1.82) is 5.26 Å². The summed E-state index contributed by atoms with van der Waals surface area (Å²) >= 11 is 0. The zero-order valence-electron chi connectivity index (χ0n) is 21.5. The number of aromatic nitrogens is 3. The molecule has 0 radical (unpaired) electrons. The first-order valence-corrected chi connectivity index (χ1v) is 12.1. The number of rotatable bonds is 11. The highest BCUT2D eigenvalue weighted by Crippen LogP contribution is 2.37. The minimum absolute atomic E-state index is 0.00869. The maximum absolute atomic E-state index is 15.8. The second-order valence-electron chi connectivity index (χ2n) is 8.48. The van der Waals surface area contributed by atoms with Crippen LogP contribution in [0.2, 0.25) is 0 Å². The molecule has 0 saturated carbocycles. The average Bonchev–Trinajstić information content (AvgIpc) is 3.48. The largest absolute Gasteiger partial charge is 0.485 e. The maximum Gasteiger partial charge on any atom is 0.329 e. The van der Waals surface area contributed by atoms with E-state index in [2.05, 4.69) is 15.0 Å². The van der Waals surface area contributed by atoms with E-state index < -0.39 is 41.2 Å². The van der Waals surface area contributed by atoms with Gasteiger partial charge in [0.1, 0.15) is 18.3 Å². The lowest BCUT2D eigenvalue weighted by atomic mass is 10.1. The number of carbonyl (C=O) groups excluding carboxylic acids is 1. The third kappa shape index (κ3) is 6.32. The van der Waals surface area contributed by atoms with Crippen molar-refractivity contribution < 1.29 is 32.2 Å². The molecule has 206 valence electrons. The average molecular weight is 552 g/mol. The van der Waals surface area contributed by atoms with Crippen LogP contribution < -0.4 is 14.4 Å². The van der Waals surface area contributed by atoms with Crippen molar-refractivity contribution in [1.82, 2.24) is 15.0 Å². The number of aromatic amines is 1. The van der Waals surface area contributed by atoms with E-state index >= 15 is 8.78 Å². The molecule has 9 nitrogen and oxygen atoms in total. The maximum atomic E-state index is 15.8. The molecule has 1 unspecified atom stereocenters. The van der Waals surface area contributed by atoms with Crippen LogP contribution in [0.4, 0.5) is 18.9 Å². The number of likely N-dealkylation sites (N-methyl/N-ethyl adjacent to an activating group) is 1. The molecule has 12 heteroatoms. The van der Waals surface area contributed by atoms with Gasteiger partial charge in [0.05, 0.1) is 30.3 Å². The molecule has 0 aliphatic rings.